The van der Waals surface area contributed by atoms with Crippen LogP contribution in [0.1, 0.15) is 29.8 Å². The molecule has 1 aliphatic rings. The molecule has 3 aromatic rings. The van der Waals surface area contributed by atoms with Crippen LogP contribution >= 0.6 is 11.3 Å². The number of rotatable bonds is 7. The van der Waals surface area contributed by atoms with E-state index in [4.69, 9.17) is 4.74 Å². The summed E-state index contributed by atoms with van der Waals surface area (Å²) in [5.74, 6) is 0.251. The molecule has 0 radical (unpaired) electrons. The summed E-state index contributed by atoms with van der Waals surface area (Å²) in [5, 5.41) is 12.5. The Kier molecular flexibility index (Phi) is 6.27. The molecular weight excluding hydrogens is 412 g/mol. The van der Waals surface area contributed by atoms with Crippen molar-refractivity contribution < 1.29 is 14.3 Å². The van der Waals surface area contributed by atoms with Crippen LogP contribution in [0, 0.1) is 5.92 Å². The first-order chi connectivity index (χ1) is 15.0. The van der Waals surface area contributed by atoms with Gasteiger partial charge in [0.15, 0.2) is 0 Å². The summed E-state index contributed by atoms with van der Waals surface area (Å²) in [7, 11) is 1.58. The lowest BCUT2D eigenvalue weighted by Gasteiger charge is -2.17. The lowest BCUT2D eigenvalue weighted by Crippen LogP contribution is -2.28. The summed E-state index contributed by atoms with van der Waals surface area (Å²) in [6.07, 6.45) is 0.919. The molecule has 1 saturated heterocycles. The molecule has 8 heteroatoms. The molecule has 160 valence electrons. The van der Waals surface area contributed by atoms with Crippen molar-refractivity contribution >= 4 is 34.0 Å². The van der Waals surface area contributed by atoms with Gasteiger partial charge in [-0.05, 0) is 23.6 Å². The van der Waals surface area contributed by atoms with Crippen molar-refractivity contribution in [3.8, 4) is 5.75 Å². The van der Waals surface area contributed by atoms with E-state index >= 15 is 0 Å². The quantitative estimate of drug-likeness (QED) is 0.608. The number of anilines is 2. The summed E-state index contributed by atoms with van der Waals surface area (Å²) >= 11 is 1.38. The second-order valence-electron chi connectivity index (χ2n) is 7.61. The molecule has 0 saturated carbocycles. The van der Waals surface area contributed by atoms with Crippen LogP contribution < -0.4 is 15.0 Å². The average Bonchev–Trinajstić information content (AvgIpc) is 3.40. The van der Waals surface area contributed by atoms with Crippen molar-refractivity contribution in [3.63, 3.8) is 0 Å². The predicted molar refractivity (Wildman–Crippen MR) is 121 cm³/mol. The fourth-order valence-corrected chi connectivity index (χ4v) is 4.54. The topological polar surface area (TPSA) is 84.4 Å². The monoisotopic (exact) mass is 436 g/mol. The van der Waals surface area contributed by atoms with Crippen molar-refractivity contribution in [2.24, 2.45) is 5.92 Å². The molecule has 1 aromatic heterocycles. The lowest BCUT2D eigenvalue weighted by atomic mass is 9.98. The predicted octanol–water partition coefficient (Wildman–Crippen LogP) is 3.88. The molecule has 4 rings (SSSR count). The third-order valence-corrected chi connectivity index (χ3v) is 6.27. The number of hydrogen-bond donors (Lipinski definition) is 1. The molecule has 2 atom stereocenters. The molecule has 2 aromatic carbocycles. The highest BCUT2D eigenvalue weighted by Gasteiger charge is 2.35. The molecular formula is C23H24N4O3S. The van der Waals surface area contributed by atoms with E-state index in [1.54, 1.807) is 18.1 Å². The summed E-state index contributed by atoms with van der Waals surface area (Å²) in [4.78, 5) is 26.8. The van der Waals surface area contributed by atoms with Crippen molar-refractivity contribution in [2.45, 2.75) is 25.7 Å². The molecule has 0 aliphatic carbocycles. The van der Waals surface area contributed by atoms with E-state index in [9.17, 15) is 9.59 Å². The number of nitrogens with zero attached hydrogens (tertiary/aromatic N) is 3. The third-order valence-electron chi connectivity index (χ3n) is 5.41. The smallest absolute Gasteiger partial charge is 0.231 e. The molecule has 0 spiro atoms. The van der Waals surface area contributed by atoms with Crippen LogP contribution in [0.5, 0.6) is 5.75 Å². The summed E-state index contributed by atoms with van der Waals surface area (Å²) in [6.45, 7) is 2.47. The maximum absolute atomic E-state index is 12.7. The Morgan fingerprint density at radius 2 is 2.03 bits per heavy atom. The fraction of sp³-hybridized carbons (Fsp3) is 0.304. The highest BCUT2D eigenvalue weighted by molar-refractivity contribution is 7.15. The third kappa shape index (κ3) is 4.91. The molecule has 0 bridgehead atoms. The van der Waals surface area contributed by atoms with E-state index in [1.807, 2.05) is 36.4 Å². The van der Waals surface area contributed by atoms with Crippen LogP contribution in [0.3, 0.4) is 0 Å². The van der Waals surface area contributed by atoms with Crippen LogP contribution in [0.4, 0.5) is 10.8 Å². The van der Waals surface area contributed by atoms with E-state index < -0.39 is 5.92 Å². The van der Waals surface area contributed by atoms with Crippen LogP contribution in [-0.2, 0) is 16.0 Å². The number of methoxy groups -OCH3 is 1. The van der Waals surface area contributed by atoms with E-state index in [0.29, 0.717) is 23.3 Å². The second kappa shape index (κ2) is 9.26. The summed E-state index contributed by atoms with van der Waals surface area (Å²) in [5.41, 5.74) is 1.97. The Morgan fingerprint density at radius 1 is 1.23 bits per heavy atom. The van der Waals surface area contributed by atoms with Gasteiger partial charge in [-0.2, -0.15) is 0 Å². The van der Waals surface area contributed by atoms with Crippen LogP contribution in [0.25, 0.3) is 0 Å². The minimum atomic E-state index is -0.436. The van der Waals surface area contributed by atoms with Gasteiger partial charge in [0.1, 0.15) is 10.8 Å². The van der Waals surface area contributed by atoms with Gasteiger partial charge in [-0.3, -0.25) is 9.59 Å². The average molecular weight is 437 g/mol. The first kappa shape index (κ1) is 21.0. The molecule has 31 heavy (non-hydrogen) atoms. The van der Waals surface area contributed by atoms with Gasteiger partial charge in [-0.25, -0.2) is 0 Å². The number of amides is 2. The van der Waals surface area contributed by atoms with Crippen LogP contribution in [0.15, 0.2) is 54.6 Å². The van der Waals surface area contributed by atoms with Crippen LogP contribution in [0.2, 0.25) is 0 Å². The Hall–Kier alpha value is -3.26. The zero-order chi connectivity index (χ0) is 21.8. The molecule has 1 fully saturated rings. The van der Waals surface area contributed by atoms with Crippen molar-refractivity contribution in [2.75, 3.05) is 23.9 Å². The molecule has 1 N–H and O–H groups in total. The Balaban J connectivity index is 1.36. The number of ether oxygens (including phenoxy) is 1. The van der Waals surface area contributed by atoms with E-state index in [1.165, 1.54) is 16.9 Å². The molecule has 1 aliphatic heterocycles. The Labute approximate surface area is 185 Å². The second-order valence-corrected chi connectivity index (χ2v) is 8.68. The molecule has 2 amide bonds. The maximum atomic E-state index is 12.7. The fourth-order valence-electron chi connectivity index (χ4n) is 3.67. The minimum Gasteiger partial charge on any atom is -0.497 e. The minimum absolute atomic E-state index is 0.0805. The standard InChI is InChI=1S/C23H24N4O3S/c1-15(16-7-4-3-5-8-16)11-20-25-26-23(31-20)24-22(29)17-12-21(28)27(14-17)18-9-6-10-19(13-18)30-2/h3-10,13,15,17H,11-12,14H2,1-2H3,(H,24,26,29). The number of nitrogens with one attached hydrogen (secondary N) is 1. The van der Waals surface area contributed by atoms with Gasteiger partial charge >= 0.3 is 0 Å². The lowest BCUT2D eigenvalue weighted by molar-refractivity contribution is -0.122. The van der Waals surface area contributed by atoms with E-state index in [0.717, 1.165) is 17.1 Å². The number of carbonyl (C=O) groups excluding carboxylic acids is 2. The normalized spacial score (nSPS) is 16.9. The van der Waals surface area contributed by atoms with Crippen molar-refractivity contribution in [3.05, 3.63) is 65.2 Å². The summed E-state index contributed by atoms with van der Waals surface area (Å²) in [6, 6.07) is 17.5. The van der Waals surface area contributed by atoms with E-state index in [2.05, 4.69) is 34.6 Å². The first-order valence-corrected chi connectivity index (χ1v) is 11.0. The van der Waals surface area contributed by atoms with Gasteiger partial charge < -0.3 is 15.0 Å². The van der Waals surface area contributed by atoms with Gasteiger partial charge in [0.25, 0.3) is 0 Å². The van der Waals surface area contributed by atoms with Gasteiger partial charge in [0, 0.05) is 31.1 Å². The maximum Gasteiger partial charge on any atom is 0.231 e. The highest BCUT2D eigenvalue weighted by Crippen LogP contribution is 2.29. The number of hydrogen-bond acceptors (Lipinski definition) is 6. The summed E-state index contributed by atoms with van der Waals surface area (Å²) < 4.78 is 5.23. The molecule has 2 heterocycles. The number of benzene rings is 2. The zero-order valence-electron chi connectivity index (χ0n) is 17.4. The van der Waals surface area contributed by atoms with Crippen molar-refractivity contribution in [1.29, 1.82) is 0 Å². The molecule has 7 nitrogen and oxygen atoms in total. The van der Waals surface area contributed by atoms with Gasteiger partial charge in [0.05, 0.1) is 13.0 Å². The molecule has 2 unspecified atom stereocenters. The first-order valence-electron chi connectivity index (χ1n) is 10.2. The number of carbonyl (C=O) groups is 2. The Morgan fingerprint density at radius 3 is 2.81 bits per heavy atom. The van der Waals surface area contributed by atoms with Gasteiger partial charge in [0.2, 0.25) is 16.9 Å². The van der Waals surface area contributed by atoms with Crippen molar-refractivity contribution in [1.82, 2.24) is 10.2 Å². The van der Waals surface area contributed by atoms with Gasteiger partial charge in [-0.15, -0.1) is 10.2 Å². The van der Waals surface area contributed by atoms with Crippen LogP contribution in [-0.4, -0.2) is 35.7 Å². The highest BCUT2D eigenvalue weighted by atomic mass is 32.1. The van der Waals surface area contributed by atoms with Gasteiger partial charge in [-0.1, -0.05) is 54.7 Å². The Bertz CT molecular complexity index is 1070. The largest absolute Gasteiger partial charge is 0.497 e. The number of aromatic nitrogens is 2. The SMILES string of the molecule is COc1cccc(N2CC(C(=O)Nc3nnc(CC(C)c4ccccc4)s3)CC2=O)c1. The van der Waals surface area contributed by atoms with E-state index in [-0.39, 0.29) is 18.2 Å². The zero-order valence-corrected chi connectivity index (χ0v) is 18.3.